The molecule has 1 fully saturated rings. The Hall–Kier alpha value is -2.40. The highest BCUT2D eigenvalue weighted by molar-refractivity contribution is 14.0. The first kappa shape index (κ1) is 22.3. The van der Waals surface area contributed by atoms with Crippen molar-refractivity contribution in [2.24, 2.45) is 4.99 Å². The van der Waals surface area contributed by atoms with Crippen LogP contribution >= 0.6 is 24.0 Å². The number of para-hydroxylation sites is 1. The number of aromatic nitrogens is 3. The Balaban J connectivity index is 0.00000256. The van der Waals surface area contributed by atoms with E-state index in [0.717, 1.165) is 62.2 Å². The van der Waals surface area contributed by atoms with Crippen LogP contribution in [0.3, 0.4) is 0 Å². The number of nitrogens with zero attached hydrogens (tertiary/aromatic N) is 6. The van der Waals surface area contributed by atoms with Crippen molar-refractivity contribution >= 4 is 29.9 Å². The predicted octanol–water partition coefficient (Wildman–Crippen LogP) is 2.76. The Morgan fingerprint density at radius 2 is 1.97 bits per heavy atom. The lowest BCUT2D eigenvalue weighted by Gasteiger charge is -2.36. The molecule has 8 nitrogen and oxygen atoms in total. The Kier molecular flexibility index (Phi) is 8.26. The third kappa shape index (κ3) is 5.60. The van der Waals surface area contributed by atoms with Crippen LogP contribution in [0.25, 0.3) is 5.69 Å². The van der Waals surface area contributed by atoms with Crippen molar-refractivity contribution in [1.82, 2.24) is 30.1 Å². The van der Waals surface area contributed by atoms with Gasteiger partial charge >= 0.3 is 0 Å². The third-order valence-corrected chi connectivity index (χ3v) is 5.03. The lowest BCUT2D eigenvalue weighted by Crippen LogP contribution is -2.52. The maximum absolute atomic E-state index is 4.94. The largest absolute Gasteiger partial charge is 0.364 e. The third-order valence-electron chi connectivity index (χ3n) is 5.03. The maximum atomic E-state index is 4.94. The van der Waals surface area contributed by atoms with Crippen molar-refractivity contribution in [2.75, 3.05) is 32.7 Å². The maximum Gasteiger partial charge on any atom is 0.194 e. The van der Waals surface area contributed by atoms with Crippen molar-refractivity contribution in [3.05, 3.63) is 66.3 Å². The van der Waals surface area contributed by atoms with E-state index in [9.17, 15) is 0 Å². The molecule has 1 aliphatic heterocycles. The summed E-state index contributed by atoms with van der Waals surface area (Å²) in [5.41, 5.74) is 3.19. The summed E-state index contributed by atoms with van der Waals surface area (Å²) in [4.78, 5) is 9.65. The van der Waals surface area contributed by atoms with Gasteiger partial charge in [-0.25, -0.2) is 9.67 Å². The summed E-state index contributed by atoms with van der Waals surface area (Å²) >= 11 is 0. The predicted molar refractivity (Wildman–Crippen MR) is 127 cm³/mol. The van der Waals surface area contributed by atoms with E-state index in [-0.39, 0.29) is 24.0 Å². The van der Waals surface area contributed by atoms with Gasteiger partial charge in [0.2, 0.25) is 0 Å². The van der Waals surface area contributed by atoms with Crippen LogP contribution in [0.2, 0.25) is 0 Å². The number of halogens is 1. The average Bonchev–Trinajstić information content (AvgIpc) is 3.46. The zero-order valence-electron chi connectivity index (χ0n) is 17.1. The first-order valence-corrected chi connectivity index (χ1v) is 10.1. The molecule has 0 atom stereocenters. The van der Waals surface area contributed by atoms with Crippen LogP contribution in [-0.2, 0) is 13.1 Å². The monoisotopic (exact) mass is 521 g/mol. The molecule has 30 heavy (non-hydrogen) atoms. The summed E-state index contributed by atoms with van der Waals surface area (Å²) in [5.74, 6) is 0.962. The smallest absolute Gasteiger partial charge is 0.194 e. The molecular weight excluding hydrogens is 493 g/mol. The summed E-state index contributed by atoms with van der Waals surface area (Å²) in [7, 11) is 0. The number of piperazine rings is 1. The Morgan fingerprint density at radius 1 is 1.13 bits per heavy atom. The summed E-state index contributed by atoms with van der Waals surface area (Å²) in [6, 6.07) is 12.1. The topological polar surface area (TPSA) is 74.7 Å². The number of aliphatic imine (C=N–C) groups is 1. The second kappa shape index (κ2) is 11.1. The molecule has 0 spiro atoms. The second-order valence-electron chi connectivity index (χ2n) is 7.00. The number of nitrogens with one attached hydrogen (secondary N) is 1. The highest BCUT2D eigenvalue weighted by Gasteiger charge is 2.20. The Bertz CT molecular complexity index is 903. The van der Waals surface area contributed by atoms with Crippen LogP contribution < -0.4 is 5.32 Å². The van der Waals surface area contributed by atoms with E-state index in [2.05, 4.69) is 44.4 Å². The molecule has 1 N–H and O–H groups in total. The fourth-order valence-electron chi connectivity index (χ4n) is 3.53. The van der Waals surface area contributed by atoms with Crippen LogP contribution in [0.5, 0.6) is 0 Å². The molecule has 3 aromatic rings. The van der Waals surface area contributed by atoms with Gasteiger partial charge in [0, 0.05) is 57.7 Å². The van der Waals surface area contributed by atoms with Gasteiger partial charge in [-0.1, -0.05) is 23.4 Å². The van der Waals surface area contributed by atoms with E-state index < -0.39 is 0 Å². The van der Waals surface area contributed by atoms with Crippen LogP contribution in [0, 0.1) is 0 Å². The van der Waals surface area contributed by atoms with Crippen molar-refractivity contribution < 1.29 is 4.52 Å². The van der Waals surface area contributed by atoms with E-state index in [0.29, 0.717) is 6.54 Å². The van der Waals surface area contributed by atoms with Gasteiger partial charge in [0.1, 0.15) is 6.26 Å². The summed E-state index contributed by atoms with van der Waals surface area (Å²) in [6.07, 6.45) is 5.38. The average molecular weight is 521 g/mol. The number of hydrogen-bond acceptors (Lipinski definition) is 5. The molecule has 9 heteroatoms. The van der Waals surface area contributed by atoms with Crippen molar-refractivity contribution in [1.29, 1.82) is 0 Å². The molecule has 1 aliphatic rings. The van der Waals surface area contributed by atoms with E-state index >= 15 is 0 Å². The molecule has 3 heterocycles. The molecule has 0 amide bonds. The lowest BCUT2D eigenvalue weighted by molar-refractivity contribution is 0.169. The van der Waals surface area contributed by atoms with Crippen LogP contribution in [0.4, 0.5) is 0 Å². The highest BCUT2D eigenvalue weighted by atomic mass is 127. The minimum atomic E-state index is 0. The van der Waals surface area contributed by atoms with Gasteiger partial charge in [-0.2, -0.15) is 5.10 Å². The minimum Gasteiger partial charge on any atom is -0.364 e. The second-order valence-corrected chi connectivity index (χ2v) is 7.00. The zero-order valence-corrected chi connectivity index (χ0v) is 19.5. The van der Waals surface area contributed by atoms with Crippen LogP contribution in [0.1, 0.15) is 18.2 Å². The highest BCUT2D eigenvalue weighted by Crippen LogP contribution is 2.15. The lowest BCUT2D eigenvalue weighted by atomic mass is 10.2. The van der Waals surface area contributed by atoms with Gasteiger partial charge in [-0.05, 0) is 24.6 Å². The molecular formula is C21H28IN7O. The molecule has 0 aliphatic carbocycles. The first-order valence-electron chi connectivity index (χ1n) is 10.1. The van der Waals surface area contributed by atoms with Crippen molar-refractivity contribution in [3.63, 3.8) is 0 Å². The van der Waals surface area contributed by atoms with Gasteiger partial charge in [0.15, 0.2) is 5.96 Å². The van der Waals surface area contributed by atoms with E-state index in [1.165, 1.54) is 0 Å². The van der Waals surface area contributed by atoms with Gasteiger partial charge in [0.05, 0.1) is 17.9 Å². The summed E-state index contributed by atoms with van der Waals surface area (Å²) in [6.45, 7) is 8.21. The molecule has 0 unspecified atom stereocenters. The minimum absolute atomic E-state index is 0. The van der Waals surface area contributed by atoms with Crippen molar-refractivity contribution in [3.8, 4) is 5.69 Å². The van der Waals surface area contributed by atoms with E-state index in [1.807, 2.05) is 35.1 Å². The normalized spacial score (nSPS) is 15.1. The molecule has 1 saturated heterocycles. The summed E-state index contributed by atoms with van der Waals surface area (Å²) in [5, 5.41) is 11.8. The molecule has 0 saturated carbocycles. The fourth-order valence-corrected chi connectivity index (χ4v) is 3.53. The SMILES string of the molecule is CCNC(=NCc1ccccc1-n1cccn1)N1CCN(Cc2ccon2)CC1.I. The number of guanidine groups is 1. The molecule has 0 radical (unpaired) electrons. The molecule has 2 aromatic heterocycles. The molecule has 4 rings (SSSR count). The van der Waals surface area contributed by atoms with E-state index in [1.54, 1.807) is 12.5 Å². The summed E-state index contributed by atoms with van der Waals surface area (Å²) < 4.78 is 6.82. The van der Waals surface area contributed by atoms with Crippen LogP contribution in [-0.4, -0.2) is 63.4 Å². The van der Waals surface area contributed by atoms with Crippen LogP contribution in [0.15, 0.2) is 64.6 Å². The molecule has 1 aromatic carbocycles. The number of benzene rings is 1. The standard InChI is InChI=1S/C21H27N7O.HI/c1-2-22-21(27-13-11-26(12-14-27)17-19-8-15-29-25-19)23-16-18-6-3-4-7-20(18)28-10-5-9-24-28;/h3-10,15H,2,11-14,16-17H2,1H3,(H,22,23);1H. The Labute approximate surface area is 194 Å². The van der Waals surface area contributed by atoms with Gasteiger partial charge in [0.25, 0.3) is 0 Å². The van der Waals surface area contributed by atoms with Gasteiger partial charge in [-0.3, -0.25) is 4.90 Å². The molecule has 0 bridgehead atoms. The molecule has 160 valence electrons. The Morgan fingerprint density at radius 3 is 2.67 bits per heavy atom. The number of rotatable bonds is 6. The van der Waals surface area contributed by atoms with Crippen molar-refractivity contribution in [2.45, 2.75) is 20.0 Å². The zero-order chi connectivity index (χ0) is 19.9. The fraction of sp³-hybridized carbons (Fsp3) is 0.381. The quantitative estimate of drug-likeness (QED) is 0.306. The van der Waals surface area contributed by atoms with Gasteiger partial charge < -0.3 is 14.7 Å². The first-order chi connectivity index (χ1) is 14.3. The number of hydrogen-bond donors (Lipinski definition) is 1. The van der Waals surface area contributed by atoms with E-state index in [4.69, 9.17) is 9.52 Å². The van der Waals surface area contributed by atoms with Gasteiger partial charge in [-0.15, -0.1) is 24.0 Å².